The van der Waals surface area contributed by atoms with Crippen LogP contribution in [0.1, 0.15) is 11.1 Å². The number of rotatable bonds is 5. The van der Waals surface area contributed by atoms with E-state index in [1.807, 2.05) is 12.1 Å². The number of hydrogen-bond acceptors (Lipinski definition) is 5. The summed E-state index contributed by atoms with van der Waals surface area (Å²) in [5.41, 5.74) is 4.07. The van der Waals surface area contributed by atoms with Gasteiger partial charge in [0.2, 0.25) is 5.95 Å². The van der Waals surface area contributed by atoms with Crippen molar-refractivity contribution in [1.29, 1.82) is 0 Å². The number of methoxy groups -OCH3 is 1. The van der Waals surface area contributed by atoms with Gasteiger partial charge in [-0.3, -0.25) is 0 Å². The molecule has 0 aliphatic heterocycles. The predicted octanol–water partition coefficient (Wildman–Crippen LogP) is 5.24. The second-order valence-corrected chi connectivity index (χ2v) is 6.06. The fourth-order valence-corrected chi connectivity index (χ4v) is 2.70. The van der Waals surface area contributed by atoms with E-state index in [1.54, 1.807) is 31.5 Å². The SMILES string of the molecule is COc1ccc(Cl)cc1Nc1nccc(Nc2c(C)cccc2C)n1. The lowest BCUT2D eigenvalue weighted by molar-refractivity contribution is 0.417. The van der Waals surface area contributed by atoms with Crippen LogP contribution in [-0.2, 0) is 0 Å². The maximum atomic E-state index is 6.06. The minimum absolute atomic E-state index is 0.455. The highest BCUT2D eigenvalue weighted by atomic mass is 35.5. The van der Waals surface area contributed by atoms with Crippen molar-refractivity contribution in [3.05, 3.63) is 64.8 Å². The second-order valence-electron chi connectivity index (χ2n) is 5.63. The molecule has 2 N–H and O–H groups in total. The Balaban J connectivity index is 1.86. The monoisotopic (exact) mass is 354 g/mol. The summed E-state index contributed by atoms with van der Waals surface area (Å²) < 4.78 is 5.34. The number of aromatic nitrogens is 2. The van der Waals surface area contributed by atoms with E-state index in [9.17, 15) is 0 Å². The summed E-state index contributed by atoms with van der Waals surface area (Å²) in [5.74, 6) is 1.83. The lowest BCUT2D eigenvalue weighted by Gasteiger charge is -2.13. The highest BCUT2D eigenvalue weighted by molar-refractivity contribution is 6.31. The second kappa shape index (κ2) is 7.40. The van der Waals surface area contributed by atoms with Gasteiger partial charge in [-0.1, -0.05) is 29.8 Å². The Morgan fingerprint density at radius 2 is 1.76 bits per heavy atom. The maximum Gasteiger partial charge on any atom is 0.229 e. The third kappa shape index (κ3) is 4.00. The van der Waals surface area contributed by atoms with Crippen LogP contribution < -0.4 is 15.4 Å². The number of halogens is 1. The molecule has 1 aromatic heterocycles. The van der Waals surface area contributed by atoms with Crippen molar-refractivity contribution in [2.24, 2.45) is 0 Å². The molecule has 0 unspecified atom stereocenters. The van der Waals surface area contributed by atoms with Crippen molar-refractivity contribution in [3.63, 3.8) is 0 Å². The summed E-state index contributed by atoms with van der Waals surface area (Å²) in [6, 6.07) is 13.3. The van der Waals surface area contributed by atoms with Gasteiger partial charge in [0.25, 0.3) is 0 Å². The van der Waals surface area contributed by atoms with Crippen molar-refractivity contribution >= 4 is 34.7 Å². The van der Waals surface area contributed by atoms with E-state index in [1.165, 1.54) is 0 Å². The lowest BCUT2D eigenvalue weighted by atomic mass is 10.1. The molecule has 25 heavy (non-hydrogen) atoms. The number of nitrogens with zero attached hydrogens (tertiary/aromatic N) is 2. The number of para-hydroxylation sites is 1. The summed E-state index contributed by atoms with van der Waals surface area (Å²) in [6.45, 7) is 4.12. The van der Waals surface area contributed by atoms with Crippen LogP contribution in [0.5, 0.6) is 5.75 Å². The molecule has 0 saturated carbocycles. The average Bonchev–Trinajstić information content (AvgIpc) is 2.59. The van der Waals surface area contributed by atoms with E-state index < -0.39 is 0 Å². The van der Waals surface area contributed by atoms with Crippen molar-refractivity contribution in [1.82, 2.24) is 9.97 Å². The Morgan fingerprint density at radius 1 is 1.00 bits per heavy atom. The van der Waals surface area contributed by atoms with Gasteiger partial charge in [0.05, 0.1) is 12.8 Å². The average molecular weight is 355 g/mol. The van der Waals surface area contributed by atoms with Crippen LogP contribution >= 0.6 is 11.6 Å². The van der Waals surface area contributed by atoms with E-state index in [2.05, 4.69) is 46.6 Å². The molecule has 0 aliphatic carbocycles. The first-order valence-corrected chi connectivity index (χ1v) is 8.21. The zero-order chi connectivity index (χ0) is 17.8. The molecule has 2 aromatic carbocycles. The van der Waals surface area contributed by atoms with Crippen LogP contribution in [0.3, 0.4) is 0 Å². The summed E-state index contributed by atoms with van der Waals surface area (Å²) in [6.07, 6.45) is 1.70. The number of ether oxygens (including phenoxy) is 1. The minimum Gasteiger partial charge on any atom is -0.495 e. The molecule has 0 aliphatic rings. The normalized spacial score (nSPS) is 10.4. The van der Waals surface area contributed by atoms with Crippen LogP contribution in [0.15, 0.2) is 48.7 Å². The first-order valence-electron chi connectivity index (χ1n) is 7.83. The molecule has 6 heteroatoms. The van der Waals surface area contributed by atoms with Gasteiger partial charge in [-0.05, 0) is 49.2 Å². The molecule has 0 amide bonds. The van der Waals surface area contributed by atoms with E-state index in [0.29, 0.717) is 28.2 Å². The van der Waals surface area contributed by atoms with Gasteiger partial charge in [-0.2, -0.15) is 4.98 Å². The molecule has 0 atom stereocenters. The molecule has 0 saturated heterocycles. The smallest absolute Gasteiger partial charge is 0.229 e. The fourth-order valence-electron chi connectivity index (χ4n) is 2.53. The Labute approximate surface area is 152 Å². The van der Waals surface area contributed by atoms with E-state index in [-0.39, 0.29) is 0 Å². The van der Waals surface area contributed by atoms with Crippen LogP contribution in [-0.4, -0.2) is 17.1 Å². The van der Waals surface area contributed by atoms with Crippen LogP contribution in [0.4, 0.5) is 23.1 Å². The van der Waals surface area contributed by atoms with Crippen molar-refractivity contribution in [2.45, 2.75) is 13.8 Å². The lowest BCUT2D eigenvalue weighted by Crippen LogP contribution is -2.03. The van der Waals surface area contributed by atoms with Gasteiger partial charge in [0.1, 0.15) is 11.6 Å². The highest BCUT2D eigenvalue weighted by Crippen LogP contribution is 2.30. The Bertz CT molecular complexity index is 878. The van der Waals surface area contributed by atoms with Gasteiger partial charge in [-0.15, -0.1) is 0 Å². The van der Waals surface area contributed by atoms with Crippen molar-refractivity contribution in [3.8, 4) is 5.75 Å². The molecule has 0 spiro atoms. The standard InChI is InChI=1S/C19H19ClN4O/c1-12-5-4-6-13(2)18(12)23-17-9-10-21-19(24-17)22-15-11-14(20)7-8-16(15)25-3/h4-11H,1-3H3,(H2,21,22,23,24). The first-order chi connectivity index (χ1) is 12.1. The summed E-state index contributed by atoms with van der Waals surface area (Å²) in [7, 11) is 1.61. The Kier molecular flexibility index (Phi) is 5.05. The van der Waals surface area contributed by atoms with Gasteiger partial charge in [0.15, 0.2) is 0 Å². The van der Waals surface area contributed by atoms with Gasteiger partial charge in [0, 0.05) is 16.9 Å². The molecule has 5 nitrogen and oxygen atoms in total. The molecular formula is C19H19ClN4O. The quantitative estimate of drug-likeness (QED) is 0.656. The molecule has 3 rings (SSSR count). The van der Waals surface area contributed by atoms with Gasteiger partial charge < -0.3 is 15.4 Å². The zero-order valence-electron chi connectivity index (χ0n) is 14.3. The maximum absolute atomic E-state index is 6.06. The fraction of sp³-hybridized carbons (Fsp3) is 0.158. The van der Waals surface area contributed by atoms with Crippen molar-refractivity contribution < 1.29 is 4.74 Å². The van der Waals surface area contributed by atoms with Gasteiger partial charge in [-0.25, -0.2) is 4.98 Å². The molecule has 3 aromatic rings. The number of aryl methyl sites for hydroxylation is 2. The highest BCUT2D eigenvalue weighted by Gasteiger charge is 2.08. The van der Waals surface area contributed by atoms with E-state index in [0.717, 1.165) is 16.8 Å². The first kappa shape index (κ1) is 17.0. The largest absolute Gasteiger partial charge is 0.495 e. The number of nitrogens with one attached hydrogen (secondary N) is 2. The summed E-state index contributed by atoms with van der Waals surface area (Å²) in [5, 5.41) is 7.11. The molecule has 0 fully saturated rings. The topological polar surface area (TPSA) is 59.1 Å². The summed E-state index contributed by atoms with van der Waals surface area (Å²) in [4.78, 5) is 8.78. The van der Waals surface area contributed by atoms with Crippen LogP contribution in [0.25, 0.3) is 0 Å². The van der Waals surface area contributed by atoms with E-state index in [4.69, 9.17) is 16.3 Å². The molecular weight excluding hydrogens is 336 g/mol. The number of benzene rings is 2. The zero-order valence-corrected chi connectivity index (χ0v) is 15.1. The Hall–Kier alpha value is -2.79. The Morgan fingerprint density at radius 3 is 2.48 bits per heavy atom. The molecule has 1 heterocycles. The summed E-state index contributed by atoms with van der Waals surface area (Å²) >= 11 is 6.06. The molecule has 0 radical (unpaired) electrons. The van der Waals surface area contributed by atoms with E-state index >= 15 is 0 Å². The van der Waals surface area contributed by atoms with Crippen LogP contribution in [0.2, 0.25) is 5.02 Å². The predicted molar refractivity (Wildman–Crippen MR) is 103 cm³/mol. The van der Waals surface area contributed by atoms with Crippen molar-refractivity contribution in [2.75, 3.05) is 17.7 Å². The third-order valence-electron chi connectivity index (χ3n) is 3.80. The molecule has 128 valence electrons. The van der Waals surface area contributed by atoms with Crippen LogP contribution in [0, 0.1) is 13.8 Å². The molecule has 0 bridgehead atoms. The third-order valence-corrected chi connectivity index (χ3v) is 4.03. The van der Waals surface area contributed by atoms with Gasteiger partial charge >= 0.3 is 0 Å². The number of hydrogen-bond donors (Lipinski definition) is 2. The number of anilines is 4. The minimum atomic E-state index is 0.455.